The highest BCUT2D eigenvalue weighted by Crippen LogP contribution is 2.72. The van der Waals surface area contributed by atoms with Gasteiger partial charge in [-0.15, -0.1) is 0 Å². The highest BCUT2D eigenvalue weighted by molar-refractivity contribution is 5.47. The molecule has 0 saturated heterocycles. The Morgan fingerprint density at radius 3 is 2.50 bits per heavy atom. The third-order valence-electron chi connectivity index (χ3n) is 6.37. The van der Waals surface area contributed by atoms with Crippen molar-refractivity contribution in [2.24, 2.45) is 16.7 Å². The SMILES string of the molecule is COc1c(C)cccc1C1(O)C2(C)CCC(C2)C1(C)C. The van der Waals surface area contributed by atoms with Gasteiger partial charge in [-0.3, -0.25) is 0 Å². The van der Waals surface area contributed by atoms with Gasteiger partial charge >= 0.3 is 0 Å². The van der Waals surface area contributed by atoms with Crippen LogP contribution in [0.15, 0.2) is 18.2 Å². The zero-order valence-electron chi connectivity index (χ0n) is 13.3. The molecule has 0 amide bonds. The summed E-state index contributed by atoms with van der Waals surface area (Å²) in [5.74, 6) is 1.46. The van der Waals surface area contributed by atoms with E-state index in [1.54, 1.807) is 7.11 Å². The van der Waals surface area contributed by atoms with E-state index in [4.69, 9.17) is 4.74 Å². The summed E-state index contributed by atoms with van der Waals surface area (Å²) in [6.07, 6.45) is 3.46. The van der Waals surface area contributed by atoms with Gasteiger partial charge in [0, 0.05) is 16.4 Å². The number of hydrogen-bond donors (Lipinski definition) is 1. The van der Waals surface area contributed by atoms with E-state index in [9.17, 15) is 5.11 Å². The molecule has 2 nitrogen and oxygen atoms in total. The van der Waals surface area contributed by atoms with Crippen molar-refractivity contribution in [1.82, 2.24) is 0 Å². The van der Waals surface area contributed by atoms with Crippen LogP contribution in [0.1, 0.15) is 51.2 Å². The van der Waals surface area contributed by atoms with Crippen LogP contribution in [-0.4, -0.2) is 12.2 Å². The summed E-state index contributed by atoms with van der Waals surface area (Å²) in [4.78, 5) is 0. The highest BCUT2D eigenvalue weighted by Gasteiger charge is 2.69. The van der Waals surface area contributed by atoms with Crippen LogP contribution in [0.5, 0.6) is 5.75 Å². The fourth-order valence-electron chi connectivity index (χ4n) is 5.14. The second-order valence-electron chi connectivity index (χ2n) is 7.59. The van der Waals surface area contributed by atoms with E-state index in [1.807, 2.05) is 19.1 Å². The highest BCUT2D eigenvalue weighted by atomic mass is 16.5. The fraction of sp³-hybridized carbons (Fsp3) is 0.667. The molecule has 1 aromatic rings. The molecule has 2 saturated carbocycles. The largest absolute Gasteiger partial charge is 0.496 e. The van der Waals surface area contributed by atoms with Crippen LogP contribution in [0.4, 0.5) is 0 Å². The Kier molecular flexibility index (Phi) is 2.79. The first kappa shape index (κ1) is 13.9. The van der Waals surface area contributed by atoms with Crippen molar-refractivity contribution < 1.29 is 9.84 Å². The topological polar surface area (TPSA) is 29.5 Å². The molecule has 2 bridgehead atoms. The quantitative estimate of drug-likeness (QED) is 0.882. The number of fused-ring (bicyclic) bond motifs is 2. The van der Waals surface area contributed by atoms with Crippen LogP contribution in [-0.2, 0) is 5.60 Å². The lowest BCUT2D eigenvalue weighted by molar-refractivity contribution is -0.151. The second kappa shape index (κ2) is 4.00. The van der Waals surface area contributed by atoms with E-state index in [1.165, 1.54) is 6.42 Å². The van der Waals surface area contributed by atoms with Crippen molar-refractivity contribution in [3.63, 3.8) is 0 Å². The van der Waals surface area contributed by atoms with Crippen LogP contribution in [0.25, 0.3) is 0 Å². The Balaban J connectivity index is 2.25. The van der Waals surface area contributed by atoms with Crippen molar-refractivity contribution >= 4 is 0 Å². The van der Waals surface area contributed by atoms with Gasteiger partial charge < -0.3 is 9.84 Å². The van der Waals surface area contributed by atoms with Crippen molar-refractivity contribution in [1.29, 1.82) is 0 Å². The Hall–Kier alpha value is -1.02. The molecule has 20 heavy (non-hydrogen) atoms. The fourth-order valence-corrected chi connectivity index (χ4v) is 5.14. The number of aryl methyl sites for hydroxylation is 1. The van der Waals surface area contributed by atoms with Gasteiger partial charge in [0.1, 0.15) is 11.4 Å². The van der Waals surface area contributed by atoms with Gasteiger partial charge in [-0.2, -0.15) is 0 Å². The molecule has 2 aliphatic rings. The molecule has 2 fully saturated rings. The van der Waals surface area contributed by atoms with Crippen LogP contribution < -0.4 is 4.74 Å². The summed E-state index contributed by atoms with van der Waals surface area (Å²) in [5.41, 5.74) is 1.12. The maximum Gasteiger partial charge on any atom is 0.127 e. The lowest BCUT2D eigenvalue weighted by atomic mass is 9.57. The summed E-state index contributed by atoms with van der Waals surface area (Å²) in [5, 5.41) is 11.8. The zero-order valence-corrected chi connectivity index (χ0v) is 13.3. The minimum Gasteiger partial charge on any atom is -0.496 e. The minimum atomic E-state index is -0.805. The maximum absolute atomic E-state index is 11.8. The van der Waals surface area contributed by atoms with Crippen molar-refractivity contribution in [2.45, 2.75) is 52.6 Å². The van der Waals surface area contributed by atoms with Gasteiger partial charge in [0.15, 0.2) is 0 Å². The summed E-state index contributed by atoms with van der Waals surface area (Å²) in [6.45, 7) is 8.76. The van der Waals surface area contributed by atoms with Gasteiger partial charge in [0.2, 0.25) is 0 Å². The van der Waals surface area contributed by atoms with Gasteiger partial charge in [0.05, 0.1) is 7.11 Å². The Morgan fingerprint density at radius 2 is 1.95 bits per heavy atom. The monoisotopic (exact) mass is 274 g/mol. The van der Waals surface area contributed by atoms with E-state index in [0.29, 0.717) is 5.92 Å². The third-order valence-corrected chi connectivity index (χ3v) is 6.37. The number of hydrogen-bond acceptors (Lipinski definition) is 2. The van der Waals surface area contributed by atoms with E-state index < -0.39 is 5.60 Å². The molecule has 0 aromatic heterocycles. The maximum atomic E-state index is 11.8. The molecule has 0 radical (unpaired) electrons. The van der Waals surface area contributed by atoms with Crippen LogP contribution in [0.3, 0.4) is 0 Å². The smallest absolute Gasteiger partial charge is 0.127 e. The van der Waals surface area contributed by atoms with E-state index in [2.05, 4.69) is 26.8 Å². The second-order valence-corrected chi connectivity index (χ2v) is 7.59. The summed E-state index contributed by atoms with van der Waals surface area (Å²) in [7, 11) is 1.71. The van der Waals surface area contributed by atoms with Crippen molar-refractivity contribution in [2.75, 3.05) is 7.11 Å². The molecule has 0 heterocycles. The number of methoxy groups -OCH3 is 1. The van der Waals surface area contributed by atoms with Gasteiger partial charge in [-0.25, -0.2) is 0 Å². The molecular formula is C18H26O2. The number of rotatable bonds is 2. The zero-order chi connectivity index (χ0) is 14.8. The van der Waals surface area contributed by atoms with Crippen molar-refractivity contribution in [3.05, 3.63) is 29.3 Å². The van der Waals surface area contributed by atoms with E-state index in [-0.39, 0.29) is 10.8 Å². The standard InChI is InChI=1S/C18H26O2/c1-12-7-6-8-14(15(12)20-5)18(19)16(2,3)13-9-10-17(18,4)11-13/h6-8,13,19H,9-11H2,1-5H3. The third kappa shape index (κ3) is 1.38. The molecule has 110 valence electrons. The molecule has 3 atom stereocenters. The minimum absolute atomic E-state index is 0.0394. The molecule has 2 heteroatoms. The average Bonchev–Trinajstić information content (AvgIpc) is 2.86. The Morgan fingerprint density at radius 1 is 1.25 bits per heavy atom. The molecule has 1 N–H and O–H groups in total. The van der Waals surface area contributed by atoms with E-state index >= 15 is 0 Å². The molecule has 0 spiro atoms. The normalized spacial score (nSPS) is 38.2. The molecule has 3 rings (SSSR count). The molecular weight excluding hydrogens is 248 g/mol. The molecule has 1 aromatic carbocycles. The summed E-state index contributed by atoms with van der Waals surface area (Å²) in [6, 6.07) is 6.14. The van der Waals surface area contributed by atoms with Gasteiger partial charge in [-0.05, 0) is 37.7 Å². The van der Waals surface area contributed by atoms with Gasteiger partial charge in [-0.1, -0.05) is 39.0 Å². The summed E-state index contributed by atoms with van der Waals surface area (Å²) >= 11 is 0. The van der Waals surface area contributed by atoms with Crippen LogP contribution >= 0.6 is 0 Å². The van der Waals surface area contributed by atoms with E-state index in [0.717, 1.165) is 29.7 Å². The Bertz CT molecular complexity index is 542. The van der Waals surface area contributed by atoms with Crippen LogP contribution in [0.2, 0.25) is 0 Å². The number of aliphatic hydroxyl groups is 1. The van der Waals surface area contributed by atoms with Crippen molar-refractivity contribution in [3.8, 4) is 5.75 Å². The first-order valence-corrected chi connectivity index (χ1v) is 7.64. The molecule has 3 unspecified atom stereocenters. The van der Waals surface area contributed by atoms with Crippen LogP contribution in [0, 0.1) is 23.7 Å². The lowest BCUT2D eigenvalue weighted by Crippen LogP contribution is -2.51. The number of benzene rings is 1. The number of para-hydroxylation sites is 1. The average molecular weight is 274 g/mol. The lowest BCUT2D eigenvalue weighted by Gasteiger charge is -2.51. The first-order chi connectivity index (χ1) is 9.28. The molecule has 0 aliphatic heterocycles. The molecule has 2 aliphatic carbocycles. The number of ether oxygens (including phenoxy) is 1. The first-order valence-electron chi connectivity index (χ1n) is 7.64. The Labute approximate surface area is 122 Å². The predicted molar refractivity (Wildman–Crippen MR) is 80.9 cm³/mol. The predicted octanol–water partition coefficient (Wildman–Crippen LogP) is 4.04. The summed E-state index contributed by atoms with van der Waals surface area (Å²) < 4.78 is 5.64. The van der Waals surface area contributed by atoms with Gasteiger partial charge in [0.25, 0.3) is 0 Å².